The molecule has 0 fully saturated rings. The van der Waals surface area contributed by atoms with Crippen LogP contribution in [0.3, 0.4) is 0 Å². The summed E-state index contributed by atoms with van der Waals surface area (Å²) in [6, 6.07) is 11.8. The number of rotatable bonds is 4. The van der Waals surface area contributed by atoms with Gasteiger partial charge in [-0.1, -0.05) is 30.3 Å². The number of hydrogen-bond acceptors (Lipinski definition) is 2. The molecule has 0 saturated carbocycles. The summed E-state index contributed by atoms with van der Waals surface area (Å²) in [6.45, 7) is 0.430. The lowest BCUT2D eigenvalue weighted by Gasteiger charge is -2.27. The molecule has 6 heteroatoms. The van der Waals surface area contributed by atoms with Crippen LogP contribution in [0.2, 0.25) is 0 Å². The van der Waals surface area contributed by atoms with E-state index in [2.05, 4.69) is 11.4 Å². The van der Waals surface area contributed by atoms with Crippen molar-refractivity contribution < 1.29 is 17.9 Å². The van der Waals surface area contributed by atoms with Crippen LogP contribution in [-0.2, 0) is 25.6 Å². The minimum Gasteiger partial charge on any atom is -0.496 e. The maximum absolute atomic E-state index is 12.8. The van der Waals surface area contributed by atoms with Gasteiger partial charge in [0.25, 0.3) is 0 Å². The van der Waals surface area contributed by atoms with Crippen molar-refractivity contribution in [1.29, 1.82) is 0 Å². The van der Waals surface area contributed by atoms with Crippen LogP contribution in [0.25, 0.3) is 0 Å². The summed E-state index contributed by atoms with van der Waals surface area (Å²) in [4.78, 5) is 0. The minimum absolute atomic E-state index is 0. The number of ether oxygens (including phenoxy) is 1. The maximum Gasteiger partial charge on any atom is 0.416 e. The lowest BCUT2D eigenvalue weighted by Crippen LogP contribution is -2.34. The summed E-state index contributed by atoms with van der Waals surface area (Å²) in [5, 5.41) is 3.39. The van der Waals surface area contributed by atoms with Crippen molar-refractivity contribution in [3.05, 3.63) is 64.7 Å². The molecular weight excluding hydrogens is 351 g/mol. The number of methoxy groups -OCH3 is 1. The van der Waals surface area contributed by atoms with E-state index in [1.54, 1.807) is 13.2 Å². The van der Waals surface area contributed by atoms with Crippen molar-refractivity contribution in [2.24, 2.45) is 0 Å². The van der Waals surface area contributed by atoms with Crippen molar-refractivity contribution in [1.82, 2.24) is 5.32 Å². The molecule has 25 heavy (non-hydrogen) atoms. The van der Waals surface area contributed by atoms with Gasteiger partial charge in [-0.25, -0.2) is 0 Å². The monoisotopic (exact) mass is 371 g/mol. The zero-order valence-electron chi connectivity index (χ0n) is 13.9. The number of fused-ring (bicyclic) bond motifs is 1. The third-order valence-corrected chi connectivity index (χ3v) is 4.51. The molecule has 1 unspecified atom stereocenters. The van der Waals surface area contributed by atoms with Crippen LogP contribution in [0, 0.1) is 0 Å². The first-order valence-electron chi connectivity index (χ1n) is 8.01. The Morgan fingerprint density at radius 1 is 1.16 bits per heavy atom. The Kier molecular flexibility index (Phi) is 6.36. The van der Waals surface area contributed by atoms with E-state index in [0.29, 0.717) is 12.1 Å². The molecule has 1 aliphatic rings. The number of halogens is 4. The quantitative estimate of drug-likeness (QED) is 0.834. The smallest absolute Gasteiger partial charge is 0.416 e. The molecule has 3 rings (SSSR count). The number of hydrogen-bond donors (Lipinski definition) is 1. The number of aryl methyl sites for hydroxylation is 1. The number of alkyl halides is 3. The largest absolute Gasteiger partial charge is 0.496 e. The van der Waals surface area contributed by atoms with Gasteiger partial charge in [0.1, 0.15) is 5.75 Å². The van der Waals surface area contributed by atoms with Crippen molar-refractivity contribution in [2.45, 2.75) is 38.0 Å². The third-order valence-electron chi connectivity index (χ3n) is 4.51. The van der Waals surface area contributed by atoms with Crippen LogP contribution in [-0.4, -0.2) is 13.2 Å². The normalized spacial score (nSPS) is 16.7. The molecule has 0 heterocycles. The minimum atomic E-state index is -4.30. The SMILES string of the molecule is COc1cccc2c1CC(NCc1cccc(C(F)(F)F)c1)CC2.Cl. The van der Waals surface area contributed by atoms with Gasteiger partial charge in [0.2, 0.25) is 0 Å². The van der Waals surface area contributed by atoms with E-state index in [1.807, 2.05) is 12.1 Å². The van der Waals surface area contributed by atoms with Gasteiger partial charge >= 0.3 is 6.18 Å². The Hall–Kier alpha value is -1.72. The molecule has 136 valence electrons. The molecule has 0 saturated heterocycles. The van der Waals surface area contributed by atoms with Gasteiger partial charge in [-0.3, -0.25) is 0 Å². The van der Waals surface area contributed by atoms with Gasteiger partial charge in [0, 0.05) is 12.6 Å². The molecule has 0 aliphatic heterocycles. The average molecular weight is 372 g/mol. The van der Waals surface area contributed by atoms with Gasteiger partial charge in [-0.15, -0.1) is 12.4 Å². The van der Waals surface area contributed by atoms with Crippen LogP contribution in [0.15, 0.2) is 42.5 Å². The van der Waals surface area contributed by atoms with Gasteiger partial charge < -0.3 is 10.1 Å². The van der Waals surface area contributed by atoms with E-state index < -0.39 is 11.7 Å². The fourth-order valence-electron chi connectivity index (χ4n) is 3.24. The van der Waals surface area contributed by atoms with Gasteiger partial charge in [0.05, 0.1) is 12.7 Å². The molecule has 2 aromatic rings. The summed E-state index contributed by atoms with van der Waals surface area (Å²) >= 11 is 0. The summed E-state index contributed by atoms with van der Waals surface area (Å²) in [7, 11) is 1.66. The third kappa shape index (κ3) is 4.67. The molecule has 1 N–H and O–H groups in total. The highest BCUT2D eigenvalue weighted by Crippen LogP contribution is 2.31. The summed E-state index contributed by atoms with van der Waals surface area (Å²) in [6.07, 6.45) is -1.54. The lowest BCUT2D eigenvalue weighted by molar-refractivity contribution is -0.137. The topological polar surface area (TPSA) is 21.3 Å². The van der Waals surface area contributed by atoms with E-state index in [4.69, 9.17) is 4.74 Å². The molecular formula is C19H21ClF3NO. The molecule has 0 radical (unpaired) electrons. The predicted octanol–water partition coefficient (Wildman–Crippen LogP) is 4.78. The Balaban J connectivity index is 0.00000225. The van der Waals surface area contributed by atoms with Crippen molar-refractivity contribution in [3.63, 3.8) is 0 Å². The number of benzene rings is 2. The Bertz CT molecular complexity index is 704. The van der Waals surface area contributed by atoms with E-state index in [0.717, 1.165) is 31.1 Å². The molecule has 1 aliphatic carbocycles. The summed E-state index contributed by atoms with van der Waals surface area (Å²) in [5.74, 6) is 0.887. The lowest BCUT2D eigenvalue weighted by atomic mass is 9.87. The highest BCUT2D eigenvalue weighted by Gasteiger charge is 2.30. The van der Waals surface area contributed by atoms with E-state index in [1.165, 1.54) is 23.3 Å². The second-order valence-corrected chi connectivity index (χ2v) is 6.12. The zero-order valence-corrected chi connectivity index (χ0v) is 14.7. The molecule has 2 nitrogen and oxygen atoms in total. The second kappa shape index (κ2) is 8.11. The first-order valence-corrected chi connectivity index (χ1v) is 8.01. The summed E-state index contributed by atoms with van der Waals surface area (Å²) < 4.78 is 43.8. The van der Waals surface area contributed by atoms with Gasteiger partial charge in [-0.05, 0) is 48.1 Å². The van der Waals surface area contributed by atoms with Crippen LogP contribution >= 0.6 is 12.4 Å². The average Bonchev–Trinajstić information content (AvgIpc) is 2.58. The van der Waals surface area contributed by atoms with Crippen LogP contribution in [0.4, 0.5) is 13.2 Å². The standard InChI is InChI=1S/C19H20F3NO.ClH/c1-24-18-7-3-5-14-8-9-16(11-17(14)18)23-12-13-4-2-6-15(10-13)19(20,21)22;/h2-7,10,16,23H,8-9,11-12H2,1H3;1H. The molecule has 0 amide bonds. The fraction of sp³-hybridized carbons (Fsp3) is 0.368. The fourth-order valence-corrected chi connectivity index (χ4v) is 3.24. The van der Waals surface area contributed by atoms with Crippen molar-refractivity contribution in [2.75, 3.05) is 7.11 Å². The van der Waals surface area contributed by atoms with Gasteiger partial charge in [0.15, 0.2) is 0 Å². The highest BCUT2D eigenvalue weighted by atomic mass is 35.5. The highest BCUT2D eigenvalue weighted by molar-refractivity contribution is 5.85. The van der Waals surface area contributed by atoms with Crippen molar-refractivity contribution >= 4 is 12.4 Å². The number of nitrogens with one attached hydrogen (secondary N) is 1. The van der Waals surface area contributed by atoms with Crippen LogP contribution < -0.4 is 10.1 Å². The first kappa shape index (κ1) is 19.6. The predicted molar refractivity (Wildman–Crippen MR) is 94.3 cm³/mol. The molecule has 2 aromatic carbocycles. The first-order chi connectivity index (χ1) is 11.5. The van der Waals surface area contributed by atoms with E-state index in [-0.39, 0.29) is 18.4 Å². The Labute approximate surface area is 151 Å². The van der Waals surface area contributed by atoms with Crippen molar-refractivity contribution in [3.8, 4) is 5.75 Å². The molecule has 1 atom stereocenters. The van der Waals surface area contributed by atoms with E-state index in [9.17, 15) is 13.2 Å². The van der Waals surface area contributed by atoms with Gasteiger partial charge in [-0.2, -0.15) is 13.2 Å². The van der Waals surface area contributed by atoms with Crippen LogP contribution in [0.5, 0.6) is 5.75 Å². The molecule has 0 spiro atoms. The van der Waals surface area contributed by atoms with Crippen LogP contribution in [0.1, 0.15) is 28.7 Å². The molecule has 0 aromatic heterocycles. The molecule has 0 bridgehead atoms. The Morgan fingerprint density at radius 2 is 1.92 bits per heavy atom. The van der Waals surface area contributed by atoms with E-state index >= 15 is 0 Å². The summed E-state index contributed by atoms with van der Waals surface area (Å²) in [5.41, 5.74) is 2.55. The zero-order chi connectivity index (χ0) is 17.2. The maximum atomic E-state index is 12.8. The second-order valence-electron chi connectivity index (χ2n) is 6.12. The Morgan fingerprint density at radius 3 is 2.64 bits per heavy atom.